The summed E-state index contributed by atoms with van der Waals surface area (Å²) < 4.78 is 7.75. The Balaban J connectivity index is 1.60. The summed E-state index contributed by atoms with van der Waals surface area (Å²) in [5.41, 5.74) is 1.55. The number of hydrogen-bond donors (Lipinski definition) is 1. The number of nitrogens with one attached hydrogen (secondary N) is 1. The van der Waals surface area contributed by atoms with Crippen molar-refractivity contribution in [3.8, 4) is 0 Å². The van der Waals surface area contributed by atoms with Crippen LogP contribution in [-0.2, 0) is 11.3 Å². The summed E-state index contributed by atoms with van der Waals surface area (Å²) in [6.45, 7) is 4.98. The molecular weight excluding hydrogens is 214 g/mol. The zero-order chi connectivity index (χ0) is 11.7. The van der Waals surface area contributed by atoms with Gasteiger partial charge < -0.3 is 14.6 Å². The van der Waals surface area contributed by atoms with Gasteiger partial charge in [0.25, 0.3) is 0 Å². The van der Waals surface area contributed by atoms with Gasteiger partial charge in [0, 0.05) is 37.5 Å². The van der Waals surface area contributed by atoms with Crippen LogP contribution >= 0.6 is 0 Å². The summed E-state index contributed by atoms with van der Waals surface area (Å²) in [5, 5.41) is 3.68. The van der Waals surface area contributed by atoms with Crippen LogP contribution in [0.5, 0.6) is 0 Å². The van der Waals surface area contributed by atoms with Crippen LogP contribution in [0.25, 0.3) is 0 Å². The van der Waals surface area contributed by atoms with Crippen molar-refractivity contribution in [1.82, 2.24) is 14.9 Å². The van der Waals surface area contributed by atoms with Crippen LogP contribution in [-0.4, -0.2) is 28.3 Å². The fourth-order valence-electron chi connectivity index (χ4n) is 2.45. The first-order valence-corrected chi connectivity index (χ1v) is 6.60. The molecule has 1 aliphatic carbocycles. The molecule has 4 heteroatoms. The van der Waals surface area contributed by atoms with E-state index in [0.29, 0.717) is 0 Å². The molecule has 1 N–H and O–H groups in total. The second kappa shape index (κ2) is 4.42. The minimum Gasteiger partial charge on any atom is -0.381 e. The third kappa shape index (κ3) is 2.53. The van der Waals surface area contributed by atoms with Gasteiger partial charge in [-0.2, -0.15) is 0 Å². The molecule has 0 bridgehead atoms. The molecule has 4 nitrogen and oxygen atoms in total. The van der Waals surface area contributed by atoms with E-state index in [9.17, 15) is 0 Å². The lowest BCUT2D eigenvalue weighted by Crippen LogP contribution is -2.46. The van der Waals surface area contributed by atoms with E-state index in [1.807, 2.05) is 12.5 Å². The molecule has 0 radical (unpaired) electrons. The zero-order valence-corrected chi connectivity index (χ0v) is 10.5. The van der Waals surface area contributed by atoms with Crippen molar-refractivity contribution < 1.29 is 4.74 Å². The van der Waals surface area contributed by atoms with Crippen LogP contribution in [0.15, 0.2) is 12.5 Å². The Kier molecular flexibility index (Phi) is 2.92. The lowest BCUT2D eigenvalue weighted by molar-refractivity contribution is 0.0444. The Morgan fingerprint density at radius 1 is 1.47 bits per heavy atom. The van der Waals surface area contributed by atoms with Gasteiger partial charge in [0.05, 0.1) is 12.0 Å². The van der Waals surface area contributed by atoms with E-state index in [0.717, 1.165) is 38.6 Å². The maximum Gasteiger partial charge on any atom is 0.0951 e. The van der Waals surface area contributed by atoms with E-state index in [4.69, 9.17) is 4.74 Å². The Labute approximate surface area is 102 Å². The number of aromatic nitrogens is 2. The van der Waals surface area contributed by atoms with Gasteiger partial charge in [0.2, 0.25) is 0 Å². The first kappa shape index (κ1) is 11.2. The third-order valence-corrected chi connectivity index (χ3v) is 3.98. The lowest BCUT2D eigenvalue weighted by Gasteiger charge is -2.34. The molecule has 1 saturated carbocycles. The van der Waals surface area contributed by atoms with Gasteiger partial charge in [-0.25, -0.2) is 4.98 Å². The molecule has 2 heterocycles. The third-order valence-electron chi connectivity index (χ3n) is 3.98. The molecule has 3 rings (SSSR count). The summed E-state index contributed by atoms with van der Waals surface area (Å²) in [6, 6.07) is 0.719. The van der Waals surface area contributed by atoms with Crippen LogP contribution in [0.3, 0.4) is 0 Å². The monoisotopic (exact) mass is 235 g/mol. The predicted molar refractivity (Wildman–Crippen MR) is 65.8 cm³/mol. The van der Waals surface area contributed by atoms with Crippen LogP contribution in [0, 0.1) is 0 Å². The highest BCUT2D eigenvalue weighted by Gasteiger charge is 2.28. The van der Waals surface area contributed by atoms with Crippen molar-refractivity contribution in [2.24, 2.45) is 0 Å². The van der Waals surface area contributed by atoms with Gasteiger partial charge in [-0.3, -0.25) is 0 Å². The molecule has 17 heavy (non-hydrogen) atoms. The van der Waals surface area contributed by atoms with Gasteiger partial charge in [-0.15, -0.1) is 0 Å². The van der Waals surface area contributed by atoms with E-state index < -0.39 is 0 Å². The normalized spacial score (nSPS) is 23.8. The molecule has 0 unspecified atom stereocenters. The molecule has 1 aromatic heterocycles. The van der Waals surface area contributed by atoms with Crippen molar-refractivity contribution >= 4 is 0 Å². The van der Waals surface area contributed by atoms with Crippen molar-refractivity contribution in [2.75, 3.05) is 13.2 Å². The van der Waals surface area contributed by atoms with Gasteiger partial charge in [-0.05, 0) is 32.6 Å². The summed E-state index contributed by atoms with van der Waals surface area (Å²) in [5.74, 6) is 0. The Morgan fingerprint density at radius 2 is 2.24 bits per heavy atom. The van der Waals surface area contributed by atoms with Crippen LogP contribution in [0.2, 0.25) is 0 Å². The van der Waals surface area contributed by atoms with E-state index in [1.165, 1.54) is 18.5 Å². The fraction of sp³-hybridized carbons (Fsp3) is 0.769. The summed E-state index contributed by atoms with van der Waals surface area (Å²) in [7, 11) is 0. The largest absolute Gasteiger partial charge is 0.381 e. The standard InChI is InChI=1S/C13H21N3O/c1-13(4-6-17-7-5-13)15-9-12-8-14-10-16(12)11-2-3-11/h8,10-11,15H,2-7,9H2,1H3. The minimum absolute atomic E-state index is 0.233. The lowest BCUT2D eigenvalue weighted by atomic mass is 9.92. The summed E-state index contributed by atoms with van der Waals surface area (Å²) in [4.78, 5) is 4.27. The smallest absolute Gasteiger partial charge is 0.0951 e. The number of nitrogens with zero attached hydrogens (tertiary/aromatic N) is 2. The number of hydrogen-bond acceptors (Lipinski definition) is 3. The predicted octanol–water partition coefficient (Wildman–Crippen LogP) is 1.88. The quantitative estimate of drug-likeness (QED) is 0.866. The molecule has 1 aliphatic heterocycles. The Morgan fingerprint density at radius 3 is 2.94 bits per heavy atom. The average molecular weight is 235 g/mol. The second-order valence-corrected chi connectivity index (χ2v) is 5.55. The summed E-state index contributed by atoms with van der Waals surface area (Å²) >= 11 is 0. The minimum atomic E-state index is 0.233. The van der Waals surface area contributed by atoms with Crippen molar-refractivity contribution in [3.05, 3.63) is 18.2 Å². The molecular formula is C13H21N3O. The Bertz CT molecular complexity index is 378. The molecule has 1 saturated heterocycles. The molecule has 0 atom stereocenters. The molecule has 94 valence electrons. The summed E-state index contributed by atoms with van der Waals surface area (Å²) in [6.07, 6.45) is 8.80. The molecule has 1 aromatic rings. The first-order valence-electron chi connectivity index (χ1n) is 6.60. The molecule has 0 spiro atoms. The van der Waals surface area contributed by atoms with Crippen LogP contribution in [0.4, 0.5) is 0 Å². The highest BCUT2D eigenvalue weighted by Crippen LogP contribution is 2.35. The highest BCUT2D eigenvalue weighted by molar-refractivity contribution is 5.04. The number of rotatable bonds is 4. The van der Waals surface area contributed by atoms with E-state index in [2.05, 4.69) is 21.8 Å². The fourth-order valence-corrected chi connectivity index (χ4v) is 2.45. The van der Waals surface area contributed by atoms with Gasteiger partial charge in [0.1, 0.15) is 0 Å². The molecule has 2 aliphatic rings. The topological polar surface area (TPSA) is 39.1 Å². The molecule has 0 aromatic carbocycles. The van der Waals surface area contributed by atoms with Crippen LogP contribution in [0.1, 0.15) is 44.3 Å². The van der Waals surface area contributed by atoms with Crippen molar-refractivity contribution in [3.63, 3.8) is 0 Å². The van der Waals surface area contributed by atoms with Gasteiger partial charge in [0.15, 0.2) is 0 Å². The van der Waals surface area contributed by atoms with Crippen LogP contribution < -0.4 is 5.32 Å². The maximum absolute atomic E-state index is 5.42. The van der Waals surface area contributed by atoms with E-state index >= 15 is 0 Å². The maximum atomic E-state index is 5.42. The van der Waals surface area contributed by atoms with Crippen molar-refractivity contribution in [1.29, 1.82) is 0 Å². The SMILES string of the molecule is CC1(NCc2cncn2C2CC2)CCOCC1. The van der Waals surface area contributed by atoms with Crippen molar-refractivity contribution in [2.45, 2.75) is 50.7 Å². The Hall–Kier alpha value is -0.870. The second-order valence-electron chi connectivity index (χ2n) is 5.55. The van der Waals surface area contributed by atoms with Gasteiger partial charge in [-0.1, -0.05) is 0 Å². The highest BCUT2D eigenvalue weighted by atomic mass is 16.5. The number of imidazole rings is 1. The molecule has 0 amide bonds. The van der Waals surface area contributed by atoms with E-state index in [1.54, 1.807) is 0 Å². The average Bonchev–Trinajstić information content (AvgIpc) is 3.07. The molecule has 2 fully saturated rings. The first-order chi connectivity index (χ1) is 8.27. The van der Waals surface area contributed by atoms with E-state index in [-0.39, 0.29) is 5.54 Å². The number of ether oxygens (including phenoxy) is 1. The zero-order valence-electron chi connectivity index (χ0n) is 10.5. The van der Waals surface area contributed by atoms with Gasteiger partial charge >= 0.3 is 0 Å².